The molecule has 4 unspecified atom stereocenters. The number of hydrogen-bond acceptors (Lipinski definition) is 4. The minimum Gasteiger partial charge on any atom is -0.396 e. The highest BCUT2D eigenvalue weighted by molar-refractivity contribution is 5.59. The van der Waals surface area contributed by atoms with E-state index in [4.69, 9.17) is 0 Å². The molecule has 6 fully saturated rings. The number of hydrogen-bond donors (Lipinski definition) is 2. The Morgan fingerprint density at radius 3 is 1.76 bits per heavy atom. The molecule has 260 valence electrons. The van der Waals surface area contributed by atoms with Crippen molar-refractivity contribution in [2.45, 2.75) is 131 Å². The molecule has 4 heteroatoms. The van der Waals surface area contributed by atoms with Gasteiger partial charge in [-0.2, -0.15) is 0 Å². The lowest BCUT2D eigenvalue weighted by molar-refractivity contribution is -0.133. The molecule has 0 aromatic rings. The molecule has 6 rings (SSSR count). The summed E-state index contributed by atoms with van der Waals surface area (Å²) in [5, 5.41) is 20.3. The number of fused-ring (bicyclic) bond motifs is 2. The fraction of sp³-hybridized carbons (Fsp3) is 0.857. The maximum Gasteiger partial charge on any atom is 0.123 e. The average molecular weight is 637 g/mol. The molecular weight excluding hydrogens is 568 g/mol. The topological polar surface area (TPSA) is 74.6 Å². The van der Waals surface area contributed by atoms with Gasteiger partial charge in [0.1, 0.15) is 12.6 Å². The molecule has 6 aliphatic rings. The third-order valence-corrected chi connectivity index (χ3v) is 16.6. The molecule has 6 aliphatic carbocycles. The number of rotatable bonds is 6. The van der Waals surface area contributed by atoms with Crippen LogP contribution in [0.15, 0.2) is 24.3 Å². The van der Waals surface area contributed by atoms with Gasteiger partial charge in [0.15, 0.2) is 0 Å². The summed E-state index contributed by atoms with van der Waals surface area (Å²) >= 11 is 0. The van der Waals surface area contributed by atoms with Crippen molar-refractivity contribution in [3.63, 3.8) is 0 Å². The summed E-state index contributed by atoms with van der Waals surface area (Å²) in [6.45, 7) is 23.3. The highest BCUT2D eigenvalue weighted by atomic mass is 16.3. The van der Waals surface area contributed by atoms with Crippen LogP contribution >= 0.6 is 0 Å². The van der Waals surface area contributed by atoms with E-state index in [1.165, 1.54) is 62.2 Å². The molecule has 0 radical (unpaired) electrons. The minimum absolute atomic E-state index is 0.00505. The zero-order chi connectivity index (χ0) is 33.7. The predicted octanol–water partition coefficient (Wildman–Crippen LogP) is 9.24. The lowest BCUT2D eigenvalue weighted by atomic mass is 9.49. The second-order valence-corrected chi connectivity index (χ2v) is 18.6. The number of carbonyl (C=O) groups is 2. The van der Waals surface area contributed by atoms with Crippen LogP contribution in [0.3, 0.4) is 0 Å². The van der Waals surface area contributed by atoms with E-state index in [9.17, 15) is 19.8 Å². The summed E-state index contributed by atoms with van der Waals surface area (Å²) in [5.74, 6) is 4.33. The molecule has 14 atom stereocenters. The van der Waals surface area contributed by atoms with Crippen LogP contribution in [0.1, 0.15) is 131 Å². The molecular formula is C42H68O4. The quantitative estimate of drug-likeness (QED) is 0.225. The minimum atomic E-state index is 0.00505. The average Bonchev–Trinajstić information content (AvgIpc) is 3.52. The maximum atomic E-state index is 12.1. The van der Waals surface area contributed by atoms with Crippen LogP contribution in [0, 0.1) is 80.8 Å². The molecule has 0 heterocycles. The van der Waals surface area contributed by atoms with Crippen molar-refractivity contribution in [2.75, 3.05) is 13.2 Å². The van der Waals surface area contributed by atoms with Crippen molar-refractivity contribution in [1.29, 1.82) is 0 Å². The zero-order valence-corrected chi connectivity index (χ0v) is 30.4. The van der Waals surface area contributed by atoms with Crippen LogP contribution < -0.4 is 0 Å². The van der Waals surface area contributed by atoms with Gasteiger partial charge in [0.2, 0.25) is 0 Å². The fourth-order valence-corrected chi connectivity index (χ4v) is 13.0. The Hall–Kier alpha value is -1.26. The normalized spacial score (nSPS) is 50.6. The Labute approximate surface area is 281 Å². The summed E-state index contributed by atoms with van der Waals surface area (Å²) in [7, 11) is 0. The van der Waals surface area contributed by atoms with E-state index in [1.807, 2.05) is 0 Å². The molecule has 0 aromatic heterocycles. The fourth-order valence-electron chi connectivity index (χ4n) is 13.0. The van der Waals surface area contributed by atoms with Gasteiger partial charge in [0, 0.05) is 25.0 Å². The number of aldehydes is 2. The van der Waals surface area contributed by atoms with Gasteiger partial charge in [0.05, 0.1) is 0 Å². The van der Waals surface area contributed by atoms with E-state index in [-0.39, 0.29) is 33.5 Å². The summed E-state index contributed by atoms with van der Waals surface area (Å²) in [4.78, 5) is 23.9. The first kappa shape index (κ1) is 36.0. The molecule has 0 saturated heterocycles. The van der Waals surface area contributed by atoms with Gasteiger partial charge in [-0.3, -0.25) is 0 Å². The SMILES string of the molecule is C=C1CCC2[C@H](C=O)C([C@@]3(C)CC[C@H](C)C[C@@H]3C=O)CC[C@]12C.C=C1CCC2[C@H](CO)C([C@@]3(C)CC[C@H](C)C[C@@H]3CO)CC[C@]12C. The van der Waals surface area contributed by atoms with Crippen molar-refractivity contribution in [3.05, 3.63) is 24.3 Å². The Kier molecular flexibility index (Phi) is 10.6. The first-order valence-corrected chi connectivity index (χ1v) is 19.2. The third-order valence-electron chi connectivity index (χ3n) is 16.6. The maximum absolute atomic E-state index is 12.1. The van der Waals surface area contributed by atoms with Crippen LogP contribution in [-0.4, -0.2) is 36.0 Å². The summed E-state index contributed by atoms with van der Waals surface area (Å²) in [5.41, 5.74) is 3.36. The van der Waals surface area contributed by atoms with Gasteiger partial charge >= 0.3 is 0 Å². The van der Waals surface area contributed by atoms with E-state index in [0.29, 0.717) is 54.6 Å². The smallest absolute Gasteiger partial charge is 0.123 e. The van der Waals surface area contributed by atoms with E-state index in [1.54, 1.807) is 0 Å². The van der Waals surface area contributed by atoms with E-state index in [0.717, 1.165) is 57.3 Å². The Morgan fingerprint density at radius 2 is 1.20 bits per heavy atom. The summed E-state index contributed by atoms with van der Waals surface area (Å²) in [6, 6.07) is 0. The van der Waals surface area contributed by atoms with Crippen molar-refractivity contribution in [3.8, 4) is 0 Å². The van der Waals surface area contributed by atoms with Crippen LogP contribution in [0.5, 0.6) is 0 Å². The lowest BCUT2D eigenvalue weighted by Crippen LogP contribution is -2.51. The van der Waals surface area contributed by atoms with E-state index in [2.05, 4.69) is 54.7 Å². The standard InChI is InChI=1S/C21H36O2.C21H32O2/c2*1-14-7-9-21(4,16(11-14)12-22)19-8-10-20(3)15(2)5-6-18(20)17(19)13-23/h14,16-19,22-23H,2,5-13H2,1,3-4H3;12-14,16-19H,2,5-11H2,1,3-4H3/t2*14-,16+,17-,18?,19?,20+,21-/m00/s1. The van der Waals surface area contributed by atoms with Crippen molar-refractivity contribution < 1.29 is 19.8 Å². The molecule has 4 nitrogen and oxygen atoms in total. The van der Waals surface area contributed by atoms with Crippen molar-refractivity contribution in [1.82, 2.24) is 0 Å². The van der Waals surface area contributed by atoms with Gasteiger partial charge in [-0.1, -0.05) is 78.7 Å². The van der Waals surface area contributed by atoms with Gasteiger partial charge < -0.3 is 19.8 Å². The van der Waals surface area contributed by atoms with Crippen LogP contribution in [0.25, 0.3) is 0 Å². The van der Waals surface area contributed by atoms with Crippen LogP contribution in [0.2, 0.25) is 0 Å². The molecule has 0 bridgehead atoms. The van der Waals surface area contributed by atoms with Crippen LogP contribution in [0.4, 0.5) is 0 Å². The number of aliphatic hydroxyl groups excluding tert-OH is 2. The lowest BCUT2D eigenvalue weighted by Gasteiger charge is -2.56. The molecule has 0 spiro atoms. The molecule has 0 aromatic carbocycles. The molecule has 0 amide bonds. The van der Waals surface area contributed by atoms with Gasteiger partial charge in [-0.25, -0.2) is 0 Å². The first-order valence-electron chi connectivity index (χ1n) is 19.2. The molecule has 2 N–H and O–H groups in total. The van der Waals surface area contributed by atoms with Gasteiger partial charge in [0.25, 0.3) is 0 Å². The summed E-state index contributed by atoms with van der Waals surface area (Å²) < 4.78 is 0. The molecule has 0 aliphatic heterocycles. The van der Waals surface area contributed by atoms with Crippen LogP contribution in [-0.2, 0) is 9.59 Å². The largest absolute Gasteiger partial charge is 0.396 e. The predicted molar refractivity (Wildman–Crippen MR) is 188 cm³/mol. The number of aliphatic hydroxyl groups is 2. The molecule has 46 heavy (non-hydrogen) atoms. The van der Waals surface area contributed by atoms with Gasteiger partial charge in [-0.15, -0.1) is 0 Å². The Bertz CT molecular complexity index is 1140. The first-order chi connectivity index (χ1) is 21.7. The van der Waals surface area contributed by atoms with E-state index >= 15 is 0 Å². The van der Waals surface area contributed by atoms with Crippen molar-refractivity contribution >= 4 is 12.6 Å². The summed E-state index contributed by atoms with van der Waals surface area (Å²) in [6.07, 6.45) is 18.5. The monoisotopic (exact) mass is 637 g/mol. The highest BCUT2D eigenvalue weighted by Gasteiger charge is 2.58. The van der Waals surface area contributed by atoms with Crippen molar-refractivity contribution in [2.24, 2.45) is 80.8 Å². The second kappa shape index (κ2) is 13.6. The highest BCUT2D eigenvalue weighted by Crippen LogP contribution is 2.65. The van der Waals surface area contributed by atoms with Gasteiger partial charge in [-0.05, 0) is 146 Å². The van der Waals surface area contributed by atoms with E-state index < -0.39 is 0 Å². The second-order valence-electron chi connectivity index (χ2n) is 18.6. The number of allylic oxidation sites excluding steroid dienone is 2. The zero-order valence-electron chi connectivity index (χ0n) is 30.4. The molecule has 6 saturated carbocycles. The Balaban J connectivity index is 0.000000181. The third kappa shape index (κ3) is 5.86. The Morgan fingerprint density at radius 1 is 0.652 bits per heavy atom. The number of carbonyl (C=O) groups excluding carboxylic acids is 2.